The molecule has 0 aromatic heterocycles. The second-order valence-electron chi connectivity index (χ2n) is 4.42. The third-order valence-corrected chi connectivity index (χ3v) is 3.38. The molecular weight excluding hydrogens is 226 g/mol. The Kier molecular flexibility index (Phi) is 2.78. The number of aliphatic hydroxyl groups is 1. The van der Waals surface area contributed by atoms with Crippen molar-refractivity contribution in [3.63, 3.8) is 0 Å². The minimum absolute atomic E-state index is 0.395. The molecule has 0 radical (unpaired) electrons. The second-order valence-corrected chi connectivity index (χ2v) is 4.42. The van der Waals surface area contributed by atoms with Gasteiger partial charge in [0, 0.05) is 12.1 Å². The molecule has 1 aliphatic heterocycles. The van der Waals surface area contributed by atoms with Gasteiger partial charge in [-0.1, -0.05) is 36.4 Å². The van der Waals surface area contributed by atoms with Crippen LogP contribution in [0.4, 0.5) is 0 Å². The van der Waals surface area contributed by atoms with Crippen molar-refractivity contribution in [2.45, 2.75) is 19.3 Å². The van der Waals surface area contributed by atoms with Crippen LogP contribution in [0.5, 0.6) is 5.75 Å². The maximum atomic E-state index is 10.6. The van der Waals surface area contributed by atoms with E-state index in [2.05, 4.69) is 0 Å². The number of rotatable bonds is 1. The van der Waals surface area contributed by atoms with Gasteiger partial charge in [-0.05, 0) is 22.8 Å². The van der Waals surface area contributed by atoms with Crippen LogP contribution >= 0.6 is 0 Å². The van der Waals surface area contributed by atoms with E-state index >= 15 is 0 Å². The van der Waals surface area contributed by atoms with Crippen LogP contribution < -0.4 is 10.5 Å². The zero-order valence-corrected chi connectivity index (χ0v) is 9.97. The lowest BCUT2D eigenvalue weighted by molar-refractivity contribution is 0.217. The second kappa shape index (κ2) is 4.44. The predicted molar refractivity (Wildman–Crippen MR) is 69.2 cm³/mol. The van der Waals surface area contributed by atoms with E-state index < -0.39 is 6.10 Å². The molecule has 2 aromatic carbocycles. The number of nitrogens with two attached hydrogens (primary N) is 1. The Morgan fingerprint density at radius 2 is 2.00 bits per heavy atom. The maximum absolute atomic E-state index is 10.6. The fourth-order valence-corrected chi connectivity index (χ4v) is 2.45. The van der Waals surface area contributed by atoms with Crippen LogP contribution in [0.2, 0.25) is 0 Å². The van der Waals surface area contributed by atoms with Crippen molar-refractivity contribution in [3.05, 3.63) is 64.7 Å². The van der Waals surface area contributed by atoms with Crippen molar-refractivity contribution >= 4 is 0 Å². The molecule has 0 spiro atoms. The number of hydrogen-bond donors (Lipinski definition) is 2. The molecular formula is C15H15NO2. The van der Waals surface area contributed by atoms with Gasteiger partial charge < -0.3 is 15.6 Å². The standard InChI is InChI=1S/C15H15NO2/c16-8-10-5-3-7-13-14(10)15(17)12-6-2-1-4-11(12)9-18-13/h1-7,15,17H,8-9,16H2. The monoisotopic (exact) mass is 241 g/mol. The highest BCUT2D eigenvalue weighted by Crippen LogP contribution is 2.37. The van der Waals surface area contributed by atoms with Gasteiger partial charge in [-0.2, -0.15) is 0 Å². The van der Waals surface area contributed by atoms with Gasteiger partial charge in [0.25, 0.3) is 0 Å². The number of ether oxygens (including phenoxy) is 1. The molecule has 18 heavy (non-hydrogen) atoms. The smallest absolute Gasteiger partial charge is 0.126 e. The van der Waals surface area contributed by atoms with Gasteiger partial charge in [-0.25, -0.2) is 0 Å². The van der Waals surface area contributed by atoms with E-state index in [0.717, 1.165) is 28.0 Å². The van der Waals surface area contributed by atoms with E-state index in [9.17, 15) is 5.11 Å². The molecule has 0 saturated heterocycles. The van der Waals surface area contributed by atoms with Gasteiger partial charge in [-0.15, -0.1) is 0 Å². The van der Waals surface area contributed by atoms with Gasteiger partial charge in [0.2, 0.25) is 0 Å². The van der Waals surface area contributed by atoms with Crippen molar-refractivity contribution in [3.8, 4) is 5.75 Å². The van der Waals surface area contributed by atoms with Crippen molar-refractivity contribution < 1.29 is 9.84 Å². The first-order valence-corrected chi connectivity index (χ1v) is 6.02. The Hall–Kier alpha value is -1.84. The molecule has 0 bridgehead atoms. The molecule has 1 atom stereocenters. The molecule has 3 rings (SSSR count). The highest BCUT2D eigenvalue weighted by atomic mass is 16.5. The Labute approximate surface area is 106 Å². The number of aliphatic hydroxyl groups excluding tert-OH is 1. The van der Waals surface area contributed by atoms with E-state index in [1.807, 2.05) is 42.5 Å². The molecule has 2 aromatic rings. The maximum Gasteiger partial charge on any atom is 0.126 e. The van der Waals surface area contributed by atoms with E-state index in [4.69, 9.17) is 10.5 Å². The van der Waals surface area contributed by atoms with Crippen molar-refractivity contribution in [1.82, 2.24) is 0 Å². The Balaban J connectivity index is 2.20. The third-order valence-electron chi connectivity index (χ3n) is 3.38. The summed E-state index contributed by atoms with van der Waals surface area (Å²) >= 11 is 0. The average Bonchev–Trinajstić information content (AvgIpc) is 2.57. The first kappa shape index (κ1) is 11.3. The van der Waals surface area contributed by atoms with Gasteiger partial charge in [0.15, 0.2) is 0 Å². The van der Waals surface area contributed by atoms with Gasteiger partial charge in [-0.3, -0.25) is 0 Å². The van der Waals surface area contributed by atoms with E-state index in [1.54, 1.807) is 0 Å². The van der Waals surface area contributed by atoms with Gasteiger partial charge >= 0.3 is 0 Å². The van der Waals surface area contributed by atoms with E-state index in [0.29, 0.717) is 13.2 Å². The van der Waals surface area contributed by atoms with Crippen LogP contribution in [-0.2, 0) is 13.2 Å². The summed E-state index contributed by atoms with van der Waals surface area (Å²) < 4.78 is 5.77. The molecule has 1 heterocycles. The topological polar surface area (TPSA) is 55.5 Å². The SMILES string of the molecule is NCc1cccc2c1C(O)c1ccccc1CO2. The lowest BCUT2D eigenvalue weighted by atomic mass is 9.94. The summed E-state index contributed by atoms with van der Waals surface area (Å²) in [6.07, 6.45) is -0.668. The van der Waals surface area contributed by atoms with Crippen molar-refractivity contribution in [2.75, 3.05) is 0 Å². The molecule has 3 nitrogen and oxygen atoms in total. The van der Waals surface area contributed by atoms with E-state index in [1.165, 1.54) is 0 Å². The molecule has 0 saturated carbocycles. The number of fused-ring (bicyclic) bond motifs is 2. The largest absolute Gasteiger partial charge is 0.488 e. The van der Waals surface area contributed by atoms with E-state index in [-0.39, 0.29) is 0 Å². The summed E-state index contributed by atoms with van der Waals surface area (Å²) in [5, 5.41) is 10.6. The molecule has 1 unspecified atom stereocenters. The molecule has 92 valence electrons. The summed E-state index contributed by atoms with van der Waals surface area (Å²) in [6.45, 7) is 0.875. The van der Waals surface area contributed by atoms with Crippen molar-refractivity contribution in [1.29, 1.82) is 0 Å². The van der Waals surface area contributed by atoms with Gasteiger partial charge in [0.05, 0.1) is 0 Å². The first-order chi connectivity index (χ1) is 8.81. The number of benzene rings is 2. The minimum atomic E-state index is -0.668. The minimum Gasteiger partial charge on any atom is -0.488 e. The first-order valence-electron chi connectivity index (χ1n) is 6.02. The summed E-state index contributed by atoms with van der Waals surface area (Å²) in [5.74, 6) is 0.724. The zero-order valence-electron chi connectivity index (χ0n) is 9.97. The molecule has 3 N–H and O–H groups in total. The Morgan fingerprint density at radius 3 is 2.83 bits per heavy atom. The summed E-state index contributed by atoms with van der Waals surface area (Å²) in [4.78, 5) is 0. The lowest BCUT2D eigenvalue weighted by Crippen LogP contribution is -2.07. The average molecular weight is 241 g/mol. The van der Waals surface area contributed by atoms with Crippen LogP contribution in [0.1, 0.15) is 28.4 Å². The fraction of sp³-hybridized carbons (Fsp3) is 0.200. The molecule has 0 amide bonds. The lowest BCUT2D eigenvalue weighted by Gasteiger charge is -2.16. The summed E-state index contributed by atoms with van der Waals surface area (Å²) in [7, 11) is 0. The van der Waals surface area contributed by atoms with Crippen LogP contribution in [0.15, 0.2) is 42.5 Å². The highest BCUT2D eigenvalue weighted by molar-refractivity contribution is 5.49. The van der Waals surface area contributed by atoms with Crippen molar-refractivity contribution in [2.24, 2.45) is 5.73 Å². The molecule has 3 heteroatoms. The molecule has 1 aliphatic rings. The van der Waals surface area contributed by atoms with Crippen LogP contribution in [0.25, 0.3) is 0 Å². The van der Waals surface area contributed by atoms with Crippen LogP contribution in [0, 0.1) is 0 Å². The Morgan fingerprint density at radius 1 is 1.17 bits per heavy atom. The third kappa shape index (κ3) is 1.68. The highest BCUT2D eigenvalue weighted by Gasteiger charge is 2.24. The quantitative estimate of drug-likeness (QED) is 0.804. The zero-order chi connectivity index (χ0) is 12.5. The van der Waals surface area contributed by atoms with Gasteiger partial charge in [0.1, 0.15) is 18.5 Å². The fourth-order valence-electron chi connectivity index (χ4n) is 2.45. The van der Waals surface area contributed by atoms with Crippen LogP contribution in [-0.4, -0.2) is 5.11 Å². The normalized spacial score (nSPS) is 17.3. The Bertz CT molecular complexity index is 580. The summed E-state index contributed by atoms with van der Waals surface area (Å²) in [5.41, 5.74) is 9.38. The number of hydrogen-bond acceptors (Lipinski definition) is 3. The molecule has 0 fully saturated rings. The molecule has 0 aliphatic carbocycles. The van der Waals surface area contributed by atoms with Crippen LogP contribution in [0.3, 0.4) is 0 Å². The predicted octanol–water partition coefficient (Wildman–Crippen LogP) is 2.12. The summed E-state index contributed by atoms with van der Waals surface area (Å²) in [6, 6.07) is 13.5.